The van der Waals surface area contributed by atoms with Crippen molar-refractivity contribution < 1.29 is 9.53 Å². The van der Waals surface area contributed by atoms with Gasteiger partial charge in [0, 0.05) is 4.48 Å². The van der Waals surface area contributed by atoms with Gasteiger partial charge in [0.05, 0.1) is 12.2 Å². The molecule has 0 amide bonds. The van der Waals surface area contributed by atoms with Gasteiger partial charge >= 0.3 is 5.97 Å². The second-order valence-electron chi connectivity index (χ2n) is 4.14. The molecule has 0 saturated carbocycles. The Balaban J connectivity index is 2.54. The van der Waals surface area contributed by atoms with Gasteiger partial charge in [-0.3, -0.25) is 0 Å². The molecule has 0 atom stereocenters. The van der Waals surface area contributed by atoms with Crippen LogP contribution in [0, 0.1) is 0 Å². The number of carbonyl (C=O) groups is 1. The van der Waals surface area contributed by atoms with E-state index in [2.05, 4.69) is 15.9 Å². The van der Waals surface area contributed by atoms with Crippen LogP contribution in [0.4, 0.5) is 0 Å². The summed E-state index contributed by atoms with van der Waals surface area (Å²) in [5.74, 6) is -0.325. The number of rotatable bonds is 4. The monoisotopic (exact) mass is 330 g/mol. The molecular formula is C17H15BrO2. The molecule has 0 radical (unpaired) electrons. The smallest absolute Gasteiger partial charge is 0.339 e. The zero-order chi connectivity index (χ0) is 14.4. The first kappa shape index (κ1) is 14.5. The van der Waals surface area contributed by atoms with Gasteiger partial charge in [-0.15, -0.1) is 0 Å². The third kappa shape index (κ3) is 3.36. The van der Waals surface area contributed by atoms with E-state index in [1.165, 1.54) is 0 Å². The number of esters is 1. The highest BCUT2D eigenvalue weighted by Crippen LogP contribution is 2.32. The summed E-state index contributed by atoms with van der Waals surface area (Å²) >= 11 is 3.54. The minimum Gasteiger partial charge on any atom is -0.462 e. The zero-order valence-electron chi connectivity index (χ0n) is 11.2. The van der Waals surface area contributed by atoms with Crippen LogP contribution >= 0.6 is 15.9 Å². The van der Waals surface area contributed by atoms with E-state index >= 15 is 0 Å². The molecule has 0 bridgehead atoms. The number of carbonyl (C=O) groups excluding carboxylic acids is 1. The highest BCUT2D eigenvalue weighted by atomic mass is 79.9. The summed E-state index contributed by atoms with van der Waals surface area (Å²) in [7, 11) is 0. The van der Waals surface area contributed by atoms with Gasteiger partial charge in [0.15, 0.2) is 0 Å². The molecule has 2 rings (SSSR count). The minimum absolute atomic E-state index is 0.325. The van der Waals surface area contributed by atoms with Gasteiger partial charge in [-0.2, -0.15) is 0 Å². The third-order valence-electron chi connectivity index (χ3n) is 2.79. The Morgan fingerprint density at radius 2 is 1.45 bits per heavy atom. The Kier molecular flexibility index (Phi) is 5.13. The summed E-state index contributed by atoms with van der Waals surface area (Å²) in [5.41, 5.74) is 2.32. The molecule has 2 nitrogen and oxygen atoms in total. The van der Waals surface area contributed by atoms with Gasteiger partial charge in [-0.1, -0.05) is 60.7 Å². The van der Waals surface area contributed by atoms with Gasteiger partial charge in [-0.25, -0.2) is 4.79 Å². The van der Waals surface area contributed by atoms with E-state index in [1.54, 1.807) is 6.92 Å². The number of benzene rings is 2. The molecule has 0 aliphatic rings. The fourth-order valence-corrected chi connectivity index (χ4v) is 2.53. The Labute approximate surface area is 127 Å². The Hall–Kier alpha value is -1.87. The van der Waals surface area contributed by atoms with Crippen LogP contribution < -0.4 is 0 Å². The van der Waals surface area contributed by atoms with Crippen LogP contribution in [0.25, 0.3) is 10.1 Å². The van der Waals surface area contributed by atoms with Crippen LogP contribution in [0.3, 0.4) is 0 Å². The van der Waals surface area contributed by atoms with Gasteiger partial charge in [-0.05, 0) is 34.0 Å². The van der Waals surface area contributed by atoms with Crippen molar-refractivity contribution in [1.29, 1.82) is 0 Å². The van der Waals surface area contributed by atoms with Crippen LogP contribution in [-0.4, -0.2) is 12.6 Å². The van der Waals surface area contributed by atoms with Crippen molar-refractivity contribution in [2.24, 2.45) is 0 Å². The van der Waals surface area contributed by atoms with Crippen molar-refractivity contribution in [2.75, 3.05) is 6.61 Å². The van der Waals surface area contributed by atoms with Crippen LogP contribution in [0.15, 0.2) is 60.7 Å². The average molecular weight is 331 g/mol. The molecule has 0 N–H and O–H groups in total. The summed E-state index contributed by atoms with van der Waals surface area (Å²) < 4.78 is 5.91. The van der Waals surface area contributed by atoms with Crippen molar-refractivity contribution >= 4 is 32.0 Å². The Bertz CT molecular complexity index is 603. The Morgan fingerprint density at radius 3 is 1.95 bits per heavy atom. The molecular weight excluding hydrogens is 316 g/mol. The van der Waals surface area contributed by atoms with Crippen molar-refractivity contribution in [1.82, 2.24) is 0 Å². The van der Waals surface area contributed by atoms with E-state index in [0.29, 0.717) is 12.2 Å². The molecule has 0 spiro atoms. The summed E-state index contributed by atoms with van der Waals surface area (Å²) in [6.07, 6.45) is 0. The van der Waals surface area contributed by atoms with Crippen LogP contribution in [0.2, 0.25) is 0 Å². The van der Waals surface area contributed by atoms with E-state index < -0.39 is 0 Å². The van der Waals surface area contributed by atoms with E-state index in [-0.39, 0.29) is 5.97 Å². The molecule has 0 aromatic heterocycles. The summed E-state index contributed by atoms with van der Waals surface area (Å²) in [6, 6.07) is 19.2. The number of hydrogen-bond acceptors (Lipinski definition) is 2. The predicted molar refractivity (Wildman–Crippen MR) is 85.3 cm³/mol. The lowest BCUT2D eigenvalue weighted by atomic mass is 10.0. The molecule has 20 heavy (non-hydrogen) atoms. The maximum atomic E-state index is 12.2. The predicted octanol–water partition coefficient (Wildman–Crippen LogP) is 4.51. The second-order valence-corrected chi connectivity index (χ2v) is 4.93. The summed E-state index contributed by atoms with van der Waals surface area (Å²) in [5, 5.41) is 0. The van der Waals surface area contributed by atoms with Gasteiger partial charge in [0.2, 0.25) is 0 Å². The standard InChI is InChI=1S/C17H15BrO2/c1-2-20-17(19)15(13-9-5-3-6-10-13)16(18)14-11-7-4-8-12-14/h3-12H,2H2,1H3/b16-15-. The van der Waals surface area contributed by atoms with Crippen molar-refractivity contribution in [3.05, 3.63) is 71.8 Å². The molecule has 102 valence electrons. The first-order valence-corrected chi connectivity index (χ1v) is 7.21. The fourth-order valence-electron chi connectivity index (χ4n) is 1.87. The summed E-state index contributed by atoms with van der Waals surface area (Å²) in [6.45, 7) is 2.15. The highest BCUT2D eigenvalue weighted by Gasteiger charge is 2.18. The molecule has 0 aliphatic heterocycles. The lowest BCUT2D eigenvalue weighted by Gasteiger charge is -2.11. The lowest BCUT2D eigenvalue weighted by Crippen LogP contribution is -2.08. The first-order chi connectivity index (χ1) is 9.74. The summed E-state index contributed by atoms with van der Waals surface area (Å²) in [4.78, 5) is 12.2. The number of hydrogen-bond donors (Lipinski definition) is 0. The van der Waals surface area contributed by atoms with Crippen LogP contribution in [0.1, 0.15) is 18.1 Å². The molecule has 0 saturated heterocycles. The van der Waals surface area contributed by atoms with Crippen molar-refractivity contribution in [2.45, 2.75) is 6.92 Å². The van der Waals surface area contributed by atoms with Crippen molar-refractivity contribution in [3.8, 4) is 0 Å². The van der Waals surface area contributed by atoms with E-state index in [0.717, 1.165) is 15.6 Å². The maximum Gasteiger partial charge on any atom is 0.339 e. The molecule has 0 fully saturated rings. The minimum atomic E-state index is -0.325. The van der Waals surface area contributed by atoms with Gasteiger partial charge in [0.25, 0.3) is 0 Å². The third-order valence-corrected chi connectivity index (χ3v) is 3.64. The van der Waals surface area contributed by atoms with Crippen LogP contribution in [0.5, 0.6) is 0 Å². The molecule has 0 unspecified atom stereocenters. The molecule has 2 aromatic rings. The molecule has 3 heteroatoms. The quantitative estimate of drug-likeness (QED) is 0.468. The Morgan fingerprint density at radius 1 is 0.950 bits per heavy atom. The van der Waals surface area contributed by atoms with E-state index in [1.807, 2.05) is 60.7 Å². The number of ether oxygens (including phenoxy) is 1. The topological polar surface area (TPSA) is 26.3 Å². The number of halogens is 1. The molecule has 0 aliphatic carbocycles. The highest BCUT2D eigenvalue weighted by molar-refractivity contribution is 9.15. The second kappa shape index (κ2) is 7.06. The van der Waals surface area contributed by atoms with Crippen molar-refractivity contribution in [3.63, 3.8) is 0 Å². The normalized spacial score (nSPS) is 11.7. The molecule has 2 aromatic carbocycles. The maximum absolute atomic E-state index is 12.2. The largest absolute Gasteiger partial charge is 0.462 e. The van der Waals surface area contributed by atoms with E-state index in [4.69, 9.17) is 4.74 Å². The van der Waals surface area contributed by atoms with E-state index in [9.17, 15) is 4.79 Å². The SMILES string of the molecule is CCOC(=O)/C(=C(\Br)c1ccccc1)c1ccccc1. The zero-order valence-corrected chi connectivity index (χ0v) is 12.8. The first-order valence-electron chi connectivity index (χ1n) is 6.41. The fraction of sp³-hybridized carbons (Fsp3) is 0.118. The molecule has 0 heterocycles. The van der Waals surface area contributed by atoms with Crippen LogP contribution in [-0.2, 0) is 9.53 Å². The lowest BCUT2D eigenvalue weighted by molar-refractivity contribution is -0.136. The van der Waals surface area contributed by atoms with Gasteiger partial charge < -0.3 is 4.74 Å². The van der Waals surface area contributed by atoms with Gasteiger partial charge in [0.1, 0.15) is 0 Å². The average Bonchev–Trinajstić information content (AvgIpc) is 2.50.